The molecule has 0 aliphatic carbocycles. The quantitative estimate of drug-likeness (QED) is 0.587. The van der Waals surface area contributed by atoms with Crippen molar-refractivity contribution in [3.63, 3.8) is 0 Å². The molecule has 5 heteroatoms. The molecule has 0 saturated carbocycles. The molecular weight excluding hydrogens is 212 g/mol. The lowest BCUT2D eigenvalue weighted by Gasteiger charge is -2.00. The standard InChI is InChI=1S/C11H18O5/c1-15-10(13)7-3-5-9(12)6-4-8-11(14)16-2/h3-8H2,1-2H3. The Hall–Kier alpha value is -1.39. The molecule has 0 atom stereocenters. The molecule has 0 bridgehead atoms. The van der Waals surface area contributed by atoms with Crippen LogP contribution in [0.2, 0.25) is 0 Å². The highest BCUT2D eigenvalue weighted by molar-refractivity contribution is 5.79. The van der Waals surface area contributed by atoms with Gasteiger partial charge in [0, 0.05) is 25.7 Å². The second-order valence-corrected chi connectivity index (χ2v) is 3.40. The Bertz CT molecular complexity index is 223. The lowest BCUT2D eigenvalue weighted by atomic mass is 10.1. The predicted molar refractivity (Wildman–Crippen MR) is 56.7 cm³/mol. The van der Waals surface area contributed by atoms with Gasteiger partial charge < -0.3 is 9.47 Å². The number of carbonyl (C=O) groups excluding carboxylic acids is 3. The molecule has 92 valence electrons. The van der Waals surface area contributed by atoms with Gasteiger partial charge in [0.05, 0.1) is 14.2 Å². The van der Waals surface area contributed by atoms with Crippen molar-refractivity contribution in [1.29, 1.82) is 0 Å². The Labute approximate surface area is 95.1 Å². The third-order valence-corrected chi connectivity index (χ3v) is 2.13. The van der Waals surface area contributed by atoms with Gasteiger partial charge in [-0.1, -0.05) is 0 Å². The van der Waals surface area contributed by atoms with E-state index in [1.807, 2.05) is 0 Å². The fourth-order valence-corrected chi connectivity index (χ4v) is 1.19. The van der Waals surface area contributed by atoms with Crippen LogP contribution in [0.3, 0.4) is 0 Å². The van der Waals surface area contributed by atoms with Crippen molar-refractivity contribution in [2.24, 2.45) is 0 Å². The molecule has 0 aromatic heterocycles. The summed E-state index contributed by atoms with van der Waals surface area (Å²) in [5.74, 6) is -0.544. The van der Waals surface area contributed by atoms with E-state index in [4.69, 9.17) is 0 Å². The Kier molecular flexibility index (Phi) is 8.11. The van der Waals surface area contributed by atoms with E-state index in [0.717, 1.165) is 0 Å². The second-order valence-electron chi connectivity index (χ2n) is 3.40. The van der Waals surface area contributed by atoms with Crippen LogP contribution in [0.4, 0.5) is 0 Å². The maximum atomic E-state index is 11.3. The number of esters is 2. The van der Waals surface area contributed by atoms with E-state index in [1.54, 1.807) is 0 Å². The predicted octanol–water partition coefficient (Wildman–Crippen LogP) is 1.24. The van der Waals surface area contributed by atoms with Gasteiger partial charge >= 0.3 is 11.9 Å². The topological polar surface area (TPSA) is 69.7 Å². The zero-order chi connectivity index (χ0) is 12.4. The zero-order valence-electron chi connectivity index (χ0n) is 9.78. The molecule has 0 amide bonds. The van der Waals surface area contributed by atoms with Gasteiger partial charge in [-0.15, -0.1) is 0 Å². The van der Waals surface area contributed by atoms with Crippen LogP contribution >= 0.6 is 0 Å². The third kappa shape index (κ3) is 7.96. The number of methoxy groups -OCH3 is 2. The Morgan fingerprint density at radius 3 is 1.44 bits per heavy atom. The molecule has 0 radical (unpaired) electrons. The van der Waals surface area contributed by atoms with Crippen LogP contribution in [0.15, 0.2) is 0 Å². The van der Waals surface area contributed by atoms with Crippen LogP contribution in [0, 0.1) is 0 Å². The van der Waals surface area contributed by atoms with Gasteiger partial charge in [0.25, 0.3) is 0 Å². The summed E-state index contributed by atoms with van der Waals surface area (Å²) in [5, 5.41) is 0. The molecule has 0 fully saturated rings. The second kappa shape index (κ2) is 8.88. The van der Waals surface area contributed by atoms with Gasteiger partial charge in [0.2, 0.25) is 0 Å². The van der Waals surface area contributed by atoms with Crippen molar-refractivity contribution in [2.75, 3.05) is 14.2 Å². The number of ketones is 1. The van der Waals surface area contributed by atoms with Crippen LogP contribution < -0.4 is 0 Å². The Morgan fingerprint density at radius 2 is 1.12 bits per heavy atom. The molecule has 0 unspecified atom stereocenters. The number of rotatable bonds is 8. The minimum absolute atomic E-state index is 0.0628. The molecule has 0 aromatic rings. The molecular formula is C11H18O5. The monoisotopic (exact) mass is 230 g/mol. The molecule has 0 aliphatic heterocycles. The summed E-state index contributed by atoms with van der Waals surface area (Å²) in [4.78, 5) is 32.8. The van der Waals surface area contributed by atoms with E-state index in [2.05, 4.69) is 9.47 Å². The lowest BCUT2D eigenvalue weighted by molar-refractivity contribution is -0.141. The van der Waals surface area contributed by atoms with Crippen molar-refractivity contribution < 1.29 is 23.9 Å². The van der Waals surface area contributed by atoms with Gasteiger partial charge in [0.15, 0.2) is 0 Å². The largest absolute Gasteiger partial charge is 0.469 e. The van der Waals surface area contributed by atoms with E-state index < -0.39 is 0 Å². The van der Waals surface area contributed by atoms with E-state index in [-0.39, 0.29) is 30.6 Å². The van der Waals surface area contributed by atoms with Gasteiger partial charge in [-0.05, 0) is 12.8 Å². The molecule has 0 spiro atoms. The number of carbonyl (C=O) groups is 3. The fourth-order valence-electron chi connectivity index (χ4n) is 1.19. The summed E-state index contributed by atoms with van der Waals surface area (Å²) in [5.41, 5.74) is 0. The zero-order valence-corrected chi connectivity index (χ0v) is 9.78. The first-order valence-electron chi connectivity index (χ1n) is 5.25. The van der Waals surface area contributed by atoms with Crippen molar-refractivity contribution in [2.45, 2.75) is 38.5 Å². The molecule has 0 saturated heterocycles. The van der Waals surface area contributed by atoms with E-state index in [1.165, 1.54) is 14.2 Å². The fraction of sp³-hybridized carbons (Fsp3) is 0.727. The molecule has 5 nitrogen and oxygen atoms in total. The first kappa shape index (κ1) is 14.6. The number of hydrogen-bond acceptors (Lipinski definition) is 5. The molecule has 0 N–H and O–H groups in total. The number of ether oxygens (including phenoxy) is 2. The summed E-state index contributed by atoms with van der Waals surface area (Å²) >= 11 is 0. The molecule has 16 heavy (non-hydrogen) atoms. The van der Waals surface area contributed by atoms with Crippen LogP contribution in [0.1, 0.15) is 38.5 Å². The minimum Gasteiger partial charge on any atom is -0.469 e. The highest BCUT2D eigenvalue weighted by Gasteiger charge is 2.07. The van der Waals surface area contributed by atoms with Gasteiger partial charge in [-0.2, -0.15) is 0 Å². The molecule has 0 heterocycles. The average molecular weight is 230 g/mol. The van der Waals surface area contributed by atoms with E-state index >= 15 is 0 Å². The highest BCUT2D eigenvalue weighted by Crippen LogP contribution is 2.05. The summed E-state index contributed by atoms with van der Waals surface area (Å²) in [6.45, 7) is 0. The lowest BCUT2D eigenvalue weighted by Crippen LogP contribution is -2.05. The van der Waals surface area contributed by atoms with E-state index in [9.17, 15) is 14.4 Å². The molecule has 0 aromatic carbocycles. The molecule has 0 aliphatic rings. The van der Waals surface area contributed by atoms with Gasteiger partial charge in [-0.25, -0.2) is 0 Å². The van der Waals surface area contributed by atoms with Crippen molar-refractivity contribution in [1.82, 2.24) is 0 Å². The average Bonchev–Trinajstić information content (AvgIpc) is 2.28. The Balaban J connectivity index is 3.45. The smallest absolute Gasteiger partial charge is 0.305 e. The van der Waals surface area contributed by atoms with Crippen LogP contribution in [-0.4, -0.2) is 31.9 Å². The van der Waals surface area contributed by atoms with Crippen LogP contribution in [0.5, 0.6) is 0 Å². The maximum Gasteiger partial charge on any atom is 0.305 e. The SMILES string of the molecule is COC(=O)CCCC(=O)CCCC(=O)OC. The number of hydrogen-bond donors (Lipinski definition) is 0. The first-order valence-corrected chi connectivity index (χ1v) is 5.25. The summed E-state index contributed by atoms with van der Waals surface area (Å²) in [7, 11) is 2.64. The van der Waals surface area contributed by atoms with Crippen molar-refractivity contribution >= 4 is 17.7 Å². The summed E-state index contributed by atoms with van der Waals surface area (Å²) in [6, 6.07) is 0. The number of Topliss-reactive ketones (excluding diaryl/α,β-unsaturated/α-hetero) is 1. The first-order chi connectivity index (χ1) is 7.60. The minimum atomic E-state index is -0.303. The van der Waals surface area contributed by atoms with Gasteiger partial charge in [0.1, 0.15) is 5.78 Å². The van der Waals surface area contributed by atoms with Crippen molar-refractivity contribution in [3.05, 3.63) is 0 Å². The summed E-state index contributed by atoms with van der Waals surface area (Å²) < 4.78 is 8.90. The summed E-state index contributed by atoms with van der Waals surface area (Å²) in [6.07, 6.45) is 2.25. The van der Waals surface area contributed by atoms with Gasteiger partial charge in [-0.3, -0.25) is 14.4 Å². The Morgan fingerprint density at radius 1 is 0.750 bits per heavy atom. The van der Waals surface area contributed by atoms with Crippen LogP contribution in [-0.2, 0) is 23.9 Å². The van der Waals surface area contributed by atoms with E-state index in [0.29, 0.717) is 25.7 Å². The highest BCUT2D eigenvalue weighted by atomic mass is 16.5. The normalized spacial score (nSPS) is 9.62. The van der Waals surface area contributed by atoms with Crippen LogP contribution in [0.25, 0.3) is 0 Å². The van der Waals surface area contributed by atoms with Crippen molar-refractivity contribution in [3.8, 4) is 0 Å². The third-order valence-electron chi connectivity index (χ3n) is 2.13. The maximum absolute atomic E-state index is 11.3. The molecule has 0 rings (SSSR count).